The second kappa shape index (κ2) is 5.49. The molecule has 0 aliphatic carbocycles. The van der Waals surface area contributed by atoms with Gasteiger partial charge >= 0.3 is 0 Å². The van der Waals surface area contributed by atoms with Gasteiger partial charge in [0.25, 0.3) is 0 Å². The van der Waals surface area contributed by atoms with Crippen molar-refractivity contribution in [1.29, 1.82) is 0 Å². The molecule has 6 heteroatoms. The number of likely N-dealkylation sites (N-methyl/N-ethyl adjacent to an activating group) is 2. The number of nitrogens with zero attached hydrogens (tertiary/aromatic N) is 2. The molecule has 0 aliphatic heterocycles. The SMILES string of the molecule is Cc1cccc(S(=O)(=O)N(C)CC(=O)N(C)C)c1. The fourth-order valence-electron chi connectivity index (χ4n) is 1.37. The molecule has 0 unspecified atom stereocenters. The Labute approximate surface area is 108 Å². The van der Waals surface area contributed by atoms with Gasteiger partial charge in [0.1, 0.15) is 0 Å². The van der Waals surface area contributed by atoms with E-state index < -0.39 is 10.0 Å². The maximum atomic E-state index is 12.2. The number of amides is 1. The third kappa shape index (κ3) is 3.30. The van der Waals surface area contributed by atoms with Gasteiger partial charge in [0.2, 0.25) is 15.9 Å². The van der Waals surface area contributed by atoms with Crippen LogP contribution in [0, 0.1) is 6.92 Å². The van der Waals surface area contributed by atoms with Crippen LogP contribution in [0.25, 0.3) is 0 Å². The van der Waals surface area contributed by atoms with Gasteiger partial charge in [-0.15, -0.1) is 0 Å². The van der Waals surface area contributed by atoms with Crippen molar-refractivity contribution in [3.05, 3.63) is 29.8 Å². The molecule has 5 nitrogen and oxygen atoms in total. The Morgan fingerprint density at radius 2 is 1.83 bits per heavy atom. The van der Waals surface area contributed by atoms with E-state index in [1.165, 1.54) is 18.0 Å². The molecule has 0 spiro atoms. The monoisotopic (exact) mass is 270 g/mol. The van der Waals surface area contributed by atoms with Crippen molar-refractivity contribution in [2.24, 2.45) is 0 Å². The van der Waals surface area contributed by atoms with E-state index in [9.17, 15) is 13.2 Å². The maximum Gasteiger partial charge on any atom is 0.243 e. The standard InChI is InChI=1S/C12H18N2O3S/c1-10-6-5-7-11(8-10)18(16,17)14(4)9-12(15)13(2)3/h5-8H,9H2,1-4H3. The lowest BCUT2D eigenvalue weighted by molar-refractivity contribution is -0.128. The highest BCUT2D eigenvalue weighted by atomic mass is 32.2. The van der Waals surface area contributed by atoms with Crippen molar-refractivity contribution in [1.82, 2.24) is 9.21 Å². The minimum Gasteiger partial charge on any atom is -0.348 e. The largest absolute Gasteiger partial charge is 0.348 e. The molecule has 0 saturated heterocycles. The number of hydrogen-bond acceptors (Lipinski definition) is 3. The zero-order chi connectivity index (χ0) is 13.9. The lowest BCUT2D eigenvalue weighted by Crippen LogP contribution is -2.37. The molecule has 100 valence electrons. The van der Waals surface area contributed by atoms with E-state index in [4.69, 9.17) is 0 Å². The predicted octanol–water partition coefficient (Wildman–Crippen LogP) is 0.704. The first kappa shape index (κ1) is 14.7. The Morgan fingerprint density at radius 3 is 2.33 bits per heavy atom. The number of carbonyl (C=O) groups excluding carboxylic acids is 1. The van der Waals surface area contributed by atoms with Crippen LogP contribution >= 0.6 is 0 Å². The van der Waals surface area contributed by atoms with Gasteiger partial charge in [-0.2, -0.15) is 4.31 Å². The summed E-state index contributed by atoms with van der Waals surface area (Å²) in [7, 11) is 0.983. The van der Waals surface area contributed by atoms with Crippen molar-refractivity contribution in [3.63, 3.8) is 0 Å². The highest BCUT2D eigenvalue weighted by Gasteiger charge is 2.23. The molecule has 1 amide bonds. The van der Waals surface area contributed by atoms with Crippen LogP contribution in [-0.2, 0) is 14.8 Å². The molecular weight excluding hydrogens is 252 g/mol. The number of rotatable bonds is 4. The van der Waals surface area contributed by atoms with Crippen molar-refractivity contribution in [2.75, 3.05) is 27.7 Å². The van der Waals surface area contributed by atoms with Gasteiger partial charge in [-0.25, -0.2) is 8.42 Å². The second-order valence-electron chi connectivity index (χ2n) is 4.37. The number of benzene rings is 1. The van der Waals surface area contributed by atoms with Crippen molar-refractivity contribution < 1.29 is 13.2 Å². The molecule has 0 radical (unpaired) electrons. The van der Waals surface area contributed by atoms with Gasteiger partial charge in [-0.05, 0) is 24.6 Å². The third-order valence-corrected chi connectivity index (χ3v) is 4.35. The summed E-state index contributed by atoms with van der Waals surface area (Å²) in [4.78, 5) is 13.1. The van der Waals surface area contributed by atoms with Gasteiger partial charge in [0.15, 0.2) is 0 Å². The molecular formula is C12H18N2O3S. The van der Waals surface area contributed by atoms with Crippen LogP contribution in [-0.4, -0.2) is 51.2 Å². The van der Waals surface area contributed by atoms with Crippen LogP contribution in [0.2, 0.25) is 0 Å². The van der Waals surface area contributed by atoms with E-state index in [0.29, 0.717) is 0 Å². The summed E-state index contributed by atoms with van der Waals surface area (Å²) in [6, 6.07) is 6.62. The zero-order valence-electron chi connectivity index (χ0n) is 11.0. The van der Waals surface area contributed by atoms with Gasteiger partial charge in [-0.1, -0.05) is 12.1 Å². The molecule has 0 heterocycles. The summed E-state index contributed by atoms with van der Waals surface area (Å²) in [5, 5.41) is 0. The molecule has 0 aliphatic rings. The number of carbonyl (C=O) groups is 1. The summed E-state index contributed by atoms with van der Waals surface area (Å²) in [6.07, 6.45) is 0. The van der Waals surface area contributed by atoms with Crippen LogP contribution in [0.5, 0.6) is 0 Å². The number of hydrogen-bond donors (Lipinski definition) is 0. The highest BCUT2D eigenvalue weighted by molar-refractivity contribution is 7.89. The van der Waals surface area contributed by atoms with Gasteiger partial charge in [0, 0.05) is 21.1 Å². The average molecular weight is 270 g/mol. The van der Waals surface area contributed by atoms with Crippen molar-refractivity contribution >= 4 is 15.9 Å². The van der Waals surface area contributed by atoms with E-state index in [-0.39, 0.29) is 17.3 Å². The molecule has 0 atom stereocenters. The number of aryl methyl sites for hydroxylation is 1. The quantitative estimate of drug-likeness (QED) is 0.809. The van der Waals surface area contributed by atoms with E-state index in [1.54, 1.807) is 26.2 Å². The topological polar surface area (TPSA) is 57.7 Å². The molecule has 0 N–H and O–H groups in total. The fourth-order valence-corrected chi connectivity index (χ4v) is 2.60. The smallest absolute Gasteiger partial charge is 0.243 e. The Balaban J connectivity index is 2.97. The zero-order valence-corrected chi connectivity index (χ0v) is 11.9. The van der Waals surface area contributed by atoms with Gasteiger partial charge < -0.3 is 4.90 Å². The van der Waals surface area contributed by atoms with Crippen LogP contribution in [0.4, 0.5) is 0 Å². The summed E-state index contributed by atoms with van der Waals surface area (Å²) >= 11 is 0. The molecule has 0 aromatic heterocycles. The van der Waals surface area contributed by atoms with E-state index in [1.807, 2.05) is 13.0 Å². The van der Waals surface area contributed by atoms with Crippen LogP contribution in [0.1, 0.15) is 5.56 Å². The predicted molar refractivity (Wildman–Crippen MR) is 69.7 cm³/mol. The molecule has 1 aromatic carbocycles. The first-order valence-electron chi connectivity index (χ1n) is 5.48. The Bertz CT molecular complexity index is 538. The van der Waals surface area contributed by atoms with E-state index in [0.717, 1.165) is 9.87 Å². The van der Waals surface area contributed by atoms with Gasteiger partial charge in [0.05, 0.1) is 11.4 Å². The Morgan fingerprint density at radius 1 is 1.22 bits per heavy atom. The second-order valence-corrected chi connectivity index (χ2v) is 6.41. The van der Waals surface area contributed by atoms with Crippen LogP contribution in [0.15, 0.2) is 29.2 Å². The first-order chi connectivity index (χ1) is 8.25. The first-order valence-corrected chi connectivity index (χ1v) is 6.92. The normalized spacial score (nSPS) is 11.6. The summed E-state index contributed by atoms with van der Waals surface area (Å²) in [5.74, 6) is -0.256. The lowest BCUT2D eigenvalue weighted by Gasteiger charge is -2.19. The number of sulfonamides is 1. The average Bonchev–Trinajstić information content (AvgIpc) is 2.28. The molecule has 0 saturated carbocycles. The lowest BCUT2D eigenvalue weighted by atomic mass is 10.2. The highest BCUT2D eigenvalue weighted by Crippen LogP contribution is 2.15. The molecule has 1 rings (SSSR count). The van der Waals surface area contributed by atoms with E-state index in [2.05, 4.69) is 0 Å². The van der Waals surface area contributed by atoms with Crippen molar-refractivity contribution in [3.8, 4) is 0 Å². The summed E-state index contributed by atoms with van der Waals surface area (Å²) < 4.78 is 25.5. The minimum absolute atomic E-state index is 0.163. The summed E-state index contributed by atoms with van der Waals surface area (Å²) in [6.45, 7) is 1.66. The maximum absolute atomic E-state index is 12.2. The van der Waals surface area contributed by atoms with Crippen LogP contribution in [0.3, 0.4) is 0 Å². The molecule has 18 heavy (non-hydrogen) atoms. The Kier molecular flexibility index (Phi) is 4.48. The fraction of sp³-hybridized carbons (Fsp3) is 0.417. The van der Waals surface area contributed by atoms with E-state index >= 15 is 0 Å². The summed E-state index contributed by atoms with van der Waals surface area (Å²) in [5.41, 5.74) is 0.864. The molecule has 0 fully saturated rings. The third-order valence-electron chi connectivity index (χ3n) is 2.55. The van der Waals surface area contributed by atoms with Crippen LogP contribution < -0.4 is 0 Å². The minimum atomic E-state index is -3.60. The Hall–Kier alpha value is -1.40. The van der Waals surface area contributed by atoms with Crippen molar-refractivity contribution in [2.45, 2.75) is 11.8 Å². The van der Waals surface area contributed by atoms with Gasteiger partial charge in [-0.3, -0.25) is 4.79 Å². The molecule has 1 aromatic rings. The molecule has 0 bridgehead atoms.